The molecule has 4 aromatic rings. The molecule has 5 rings (SSSR count). The SMILES string of the molecule is COc1ccc(C2CC2COc2cc(N(Cc3ccc(C)nc3C)Cc3ccc(C)nc3C)c(=O)n(C)n2)nc1. The molecule has 0 aromatic carbocycles. The van der Waals surface area contributed by atoms with Crippen molar-refractivity contribution < 1.29 is 9.47 Å². The monoisotopic (exact) mass is 540 g/mol. The Hall–Kier alpha value is -4.27. The standard InChI is InChI=1S/C31H36N6O3/c1-19-7-9-23(21(3)33-19)16-37(17-24-10-8-20(2)34-22(24)4)29-14-30(35-36(5)31(29)38)40-18-25-13-27(25)28-12-11-26(39-6)15-32-28/h7-12,14-15,25,27H,13,16-18H2,1-6H3. The smallest absolute Gasteiger partial charge is 0.290 e. The number of pyridine rings is 3. The van der Waals surface area contributed by atoms with E-state index in [0.29, 0.717) is 43.1 Å². The molecule has 0 aliphatic heterocycles. The number of rotatable bonds is 10. The second-order valence-electron chi connectivity index (χ2n) is 10.6. The minimum atomic E-state index is -0.186. The Morgan fingerprint density at radius 1 is 0.950 bits per heavy atom. The highest BCUT2D eigenvalue weighted by molar-refractivity contribution is 5.49. The van der Waals surface area contributed by atoms with Gasteiger partial charge in [-0.3, -0.25) is 19.7 Å². The number of ether oxygens (including phenoxy) is 2. The number of hydrogen-bond donors (Lipinski definition) is 0. The quantitative estimate of drug-likeness (QED) is 0.288. The molecule has 9 heteroatoms. The molecular formula is C31H36N6O3. The third-order valence-corrected chi connectivity index (χ3v) is 7.50. The van der Waals surface area contributed by atoms with Crippen LogP contribution in [-0.2, 0) is 20.1 Å². The number of aromatic nitrogens is 5. The molecular weight excluding hydrogens is 504 g/mol. The molecule has 0 spiro atoms. The summed E-state index contributed by atoms with van der Waals surface area (Å²) in [7, 11) is 3.30. The molecule has 0 saturated heterocycles. The molecule has 9 nitrogen and oxygen atoms in total. The first kappa shape index (κ1) is 27.3. The van der Waals surface area contributed by atoms with Crippen molar-refractivity contribution in [3.63, 3.8) is 0 Å². The number of hydrogen-bond acceptors (Lipinski definition) is 8. The Morgan fingerprint density at radius 2 is 1.60 bits per heavy atom. The average molecular weight is 541 g/mol. The van der Waals surface area contributed by atoms with E-state index in [1.807, 2.05) is 52.0 Å². The molecule has 2 atom stereocenters. The van der Waals surface area contributed by atoms with Gasteiger partial charge in [-0.1, -0.05) is 12.1 Å². The van der Waals surface area contributed by atoms with E-state index < -0.39 is 0 Å². The third-order valence-electron chi connectivity index (χ3n) is 7.50. The first-order valence-electron chi connectivity index (χ1n) is 13.5. The van der Waals surface area contributed by atoms with E-state index in [0.717, 1.165) is 51.8 Å². The summed E-state index contributed by atoms with van der Waals surface area (Å²) in [4.78, 5) is 29.3. The lowest BCUT2D eigenvalue weighted by Gasteiger charge is -2.26. The Labute approximate surface area is 234 Å². The van der Waals surface area contributed by atoms with E-state index in [1.165, 1.54) is 4.68 Å². The molecule has 1 saturated carbocycles. The summed E-state index contributed by atoms with van der Waals surface area (Å²) in [6, 6.07) is 13.9. The van der Waals surface area contributed by atoms with Crippen molar-refractivity contribution in [2.24, 2.45) is 13.0 Å². The molecule has 208 valence electrons. The Morgan fingerprint density at radius 3 is 2.15 bits per heavy atom. The van der Waals surface area contributed by atoms with Gasteiger partial charge in [0.1, 0.15) is 11.4 Å². The van der Waals surface area contributed by atoms with Crippen molar-refractivity contribution in [1.29, 1.82) is 0 Å². The molecule has 4 heterocycles. The largest absolute Gasteiger partial charge is 0.495 e. The lowest BCUT2D eigenvalue weighted by molar-refractivity contribution is 0.277. The van der Waals surface area contributed by atoms with Crippen LogP contribution in [0.25, 0.3) is 0 Å². The molecule has 1 fully saturated rings. The van der Waals surface area contributed by atoms with Gasteiger partial charge in [0.25, 0.3) is 5.56 Å². The summed E-state index contributed by atoms with van der Waals surface area (Å²) in [5.74, 6) is 1.87. The van der Waals surface area contributed by atoms with E-state index >= 15 is 0 Å². The molecule has 1 aliphatic carbocycles. The Bertz CT molecular complexity index is 1510. The predicted molar refractivity (Wildman–Crippen MR) is 154 cm³/mol. The van der Waals surface area contributed by atoms with Gasteiger partial charge in [-0.25, -0.2) is 4.68 Å². The topological polar surface area (TPSA) is 95.3 Å². The fourth-order valence-corrected chi connectivity index (χ4v) is 4.98. The maximum Gasteiger partial charge on any atom is 0.290 e. The highest BCUT2D eigenvalue weighted by atomic mass is 16.5. The van der Waals surface area contributed by atoms with Crippen LogP contribution in [0.1, 0.15) is 51.9 Å². The van der Waals surface area contributed by atoms with Crippen molar-refractivity contribution in [1.82, 2.24) is 24.7 Å². The van der Waals surface area contributed by atoms with Crippen LogP contribution in [0.4, 0.5) is 5.69 Å². The molecule has 0 radical (unpaired) electrons. The molecule has 40 heavy (non-hydrogen) atoms. The van der Waals surface area contributed by atoms with Crippen LogP contribution < -0.4 is 19.9 Å². The zero-order valence-corrected chi connectivity index (χ0v) is 24.0. The number of aryl methyl sites for hydroxylation is 5. The zero-order chi connectivity index (χ0) is 28.4. The van der Waals surface area contributed by atoms with Crippen LogP contribution in [0, 0.1) is 33.6 Å². The number of anilines is 1. The fraction of sp³-hybridized carbons (Fsp3) is 0.387. The van der Waals surface area contributed by atoms with Crippen LogP contribution in [-0.4, -0.2) is 38.4 Å². The third kappa shape index (κ3) is 6.14. The zero-order valence-electron chi connectivity index (χ0n) is 24.0. The van der Waals surface area contributed by atoms with Gasteiger partial charge in [0, 0.05) is 66.5 Å². The van der Waals surface area contributed by atoms with E-state index in [2.05, 4.69) is 37.1 Å². The van der Waals surface area contributed by atoms with E-state index in [9.17, 15) is 4.79 Å². The maximum atomic E-state index is 13.4. The lowest BCUT2D eigenvalue weighted by atomic mass is 10.1. The second kappa shape index (κ2) is 11.5. The lowest BCUT2D eigenvalue weighted by Crippen LogP contribution is -2.32. The van der Waals surface area contributed by atoms with E-state index in [1.54, 1.807) is 26.4 Å². The number of methoxy groups -OCH3 is 1. The van der Waals surface area contributed by atoms with E-state index in [-0.39, 0.29) is 5.56 Å². The summed E-state index contributed by atoms with van der Waals surface area (Å²) >= 11 is 0. The van der Waals surface area contributed by atoms with Gasteiger partial charge in [0.15, 0.2) is 0 Å². The van der Waals surface area contributed by atoms with Crippen LogP contribution in [0.15, 0.2) is 53.5 Å². The van der Waals surface area contributed by atoms with Crippen LogP contribution >= 0.6 is 0 Å². The van der Waals surface area contributed by atoms with Crippen molar-refractivity contribution in [3.8, 4) is 11.6 Å². The van der Waals surface area contributed by atoms with Crippen LogP contribution in [0.5, 0.6) is 11.6 Å². The van der Waals surface area contributed by atoms with Gasteiger partial charge in [0.2, 0.25) is 5.88 Å². The minimum Gasteiger partial charge on any atom is -0.495 e. The van der Waals surface area contributed by atoms with Crippen molar-refractivity contribution in [2.45, 2.75) is 53.1 Å². The Balaban J connectivity index is 1.39. The normalized spacial score (nSPS) is 16.1. The average Bonchev–Trinajstić information content (AvgIpc) is 3.71. The van der Waals surface area contributed by atoms with Crippen molar-refractivity contribution >= 4 is 5.69 Å². The first-order chi connectivity index (χ1) is 19.2. The molecule has 0 bridgehead atoms. The molecule has 4 aromatic heterocycles. The van der Waals surface area contributed by atoms with Gasteiger partial charge in [-0.05, 0) is 69.5 Å². The molecule has 0 N–H and O–H groups in total. The number of nitrogens with zero attached hydrogens (tertiary/aromatic N) is 6. The van der Waals surface area contributed by atoms with Crippen LogP contribution in [0.3, 0.4) is 0 Å². The van der Waals surface area contributed by atoms with E-state index in [4.69, 9.17) is 9.47 Å². The second-order valence-corrected chi connectivity index (χ2v) is 10.6. The van der Waals surface area contributed by atoms with Crippen LogP contribution in [0.2, 0.25) is 0 Å². The predicted octanol–water partition coefficient (Wildman–Crippen LogP) is 4.60. The fourth-order valence-electron chi connectivity index (χ4n) is 4.98. The summed E-state index contributed by atoms with van der Waals surface area (Å²) in [6.07, 6.45) is 2.75. The summed E-state index contributed by atoms with van der Waals surface area (Å²) in [5, 5.41) is 4.41. The van der Waals surface area contributed by atoms with Gasteiger partial charge < -0.3 is 14.4 Å². The van der Waals surface area contributed by atoms with Crippen molar-refractivity contribution in [3.05, 3.63) is 98.6 Å². The van der Waals surface area contributed by atoms with Crippen molar-refractivity contribution in [2.75, 3.05) is 18.6 Å². The summed E-state index contributed by atoms with van der Waals surface area (Å²) in [6.45, 7) is 9.49. The van der Waals surface area contributed by atoms with Gasteiger partial charge in [-0.2, -0.15) is 0 Å². The highest BCUT2D eigenvalue weighted by Gasteiger charge is 2.40. The summed E-state index contributed by atoms with van der Waals surface area (Å²) in [5.41, 5.74) is 7.30. The minimum absolute atomic E-state index is 0.186. The Kier molecular flexibility index (Phi) is 7.82. The van der Waals surface area contributed by atoms with Gasteiger partial charge >= 0.3 is 0 Å². The first-order valence-corrected chi connectivity index (χ1v) is 13.5. The molecule has 2 unspecified atom stereocenters. The van der Waals surface area contributed by atoms with Gasteiger partial charge in [-0.15, -0.1) is 5.10 Å². The summed E-state index contributed by atoms with van der Waals surface area (Å²) < 4.78 is 12.7. The maximum absolute atomic E-state index is 13.4. The molecule has 0 amide bonds. The van der Waals surface area contributed by atoms with Gasteiger partial charge in [0.05, 0.1) is 19.9 Å². The molecule has 1 aliphatic rings. The highest BCUT2D eigenvalue weighted by Crippen LogP contribution is 2.46.